The highest BCUT2D eigenvalue weighted by Crippen LogP contribution is 2.32. The van der Waals surface area contributed by atoms with Gasteiger partial charge < -0.3 is 50.6 Å². The minimum absolute atomic E-state index is 0.0414. The summed E-state index contributed by atoms with van der Waals surface area (Å²) in [5, 5.41) is 33.8. The first-order chi connectivity index (χ1) is 33.3. The summed E-state index contributed by atoms with van der Waals surface area (Å²) in [6.07, 6.45) is 11.8. The molecule has 5 aromatic heterocycles. The summed E-state index contributed by atoms with van der Waals surface area (Å²) in [6, 6.07) is 18.7. The van der Waals surface area contributed by atoms with Crippen LogP contribution in [0.25, 0.3) is 16.4 Å². The van der Waals surface area contributed by atoms with Crippen LogP contribution in [0, 0.1) is 5.41 Å². The van der Waals surface area contributed by atoms with E-state index in [1.54, 1.807) is 66.7 Å². The van der Waals surface area contributed by atoms with E-state index in [1.807, 2.05) is 66.9 Å². The summed E-state index contributed by atoms with van der Waals surface area (Å²) in [5.74, 6) is 1.13. The van der Waals surface area contributed by atoms with E-state index in [0.717, 1.165) is 48.9 Å². The predicted molar refractivity (Wildman–Crippen MR) is 265 cm³/mol. The number of para-hydroxylation sites is 2. The third-order valence-corrected chi connectivity index (χ3v) is 12.8. The van der Waals surface area contributed by atoms with Gasteiger partial charge in [-0.1, -0.05) is 12.1 Å². The summed E-state index contributed by atoms with van der Waals surface area (Å²) >= 11 is 2.56. The monoisotopic (exact) mass is 952 g/mol. The minimum atomic E-state index is -0.363. The number of ether oxygens (including phenoxy) is 3. The van der Waals surface area contributed by atoms with Crippen LogP contribution in [0.5, 0.6) is 17.2 Å². The van der Waals surface area contributed by atoms with E-state index >= 15 is 0 Å². The molecule has 0 saturated carbocycles. The molecule has 6 N–H and O–H groups in total. The van der Waals surface area contributed by atoms with Gasteiger partial charge in [-0.05, 0) is 48.5 Å². The van der Waals surface area contributed by atoms with Crippen LogP contribution in [0.2, 0.25) is 0 Å². The largest absolute Gasteiger partial charge is 0.493 e. The standard InChI is InChI=1S/C47H48N14O5S2/c1-64-42-8-7-31(23-43(42)65-2)61-19-12-34(58-61)47-57-38(29-68-47)45(63)55-36-25-51-14-11-40(36)60-22-18-52-30(26-60)27-66-41-6-4-3-5-33(41)53-15-9-32(48)46-56-37(28-67-46)44(62)54-35-24-50-13-10-39(35)59-20-16-49-17-21-59/h3-15,19,23-25,28-30,48-49,52-53H,16-18,20-22,26-27H2,1-2H3,(H,54,62)(H,55,63)/b15-9-,48-32?. The Bertz CT molecular complexity index is 2930. The van der Waals surface area contributed by atoms with Crippen LogP contribution in [0.3, 0.4) is 0 Å². The van der Waals surface area contributed by atoms with Crippen LogP contribution in [-0.4, -0.2) is 120 Å². The van der Waals surface area contributed by atoms with Gasteiger partial charge in [0.2, 0.25) is 0 Å². The molecule has 68 heavy (non-hydrogen) atoms. The number of piperazine rings is 2. The Morgan fingerprint density at radius 3 is 2.28 bits per heavy atom. The molecule has 7 aromatic rings. The Balaban J connectivity index is 0.776. The molecule has 1 atom stereocenters. The van der Waals surface area contributed by atoms with Gasteiger partial charge in [0.15, 0.2) is 11.5 Å². The highest BCUT2D eigenvalue weighted by Gasteiger charge is 2.25. The quantitative estimate of drug-likeness (QED) is 0.0575. The van der Waals surface area contributed by atoms with Gasteiger partial charge in [0.1, 0.15) is 39.5 Å². The number of carbonyl (C=O) groups is 2. The number of carbonyl (C=O) groups excluding carboxylic acids is 2. The lowest BCUT2D eigenvalue weighted by Gasteiger charge is -2.36. The molecule has 2 saturated heterocycles. The topological polar surface area (TPSA) is 222 Å². The molecule has 0 aliphatic carbocycles. The predicted octanol–water partition coefficient (Wildman–Crippen LogP) is 6.02. The maximum atomic E-state index is 13.6. The van der Waals surface area contributed by atoms with E-state index in [1.165, 1.54) is 22.7 Å². The fourth-order valence-corrected chi connectivity index (χ4v) is 9.18. The van der Waals surface area contributed by atoms with Crippen LogP contribution < -0.4 is 50.6 Å². The van der Waals surface area contributed by atoms with Gasteiger partial charge in [0, 0.05) is 87.4 Å². The molecule has 348 valence electrons. The van der Waals surface area contributed by atoms with Crippen molar-refractivity contribution in [3.8, 4) is 33.6 Å². The first-order valence-corrected chi connectivity index (χ1v) is 23.5. The Hall–Kier alpha value is -7.72. The van der Waals surface area contributed by atoms with Crippen LogP contribution in [0.15, 0.2) is 115 Å². The number of benzene rings is 2. The van der Waals surface area contributed by atoms with E-state index < -0.39 is 0 Å². The summed E-state index contributed by atoms with van der Waals surface area (Å²) in [6.45, 7) is 5.76. The molecule has 7 heterocycles. The lowest BCUT2D eigenvalue weighted by atomic mass is 10.2. The van der Waals surface area contributed by atoms with Gasteiger partial charge in [0.25, 0.3) is 11.8 Å². The fourth-order valence-electron chi connectivity index (χ4n) is 7.69. The molecule has 2 aliphatic heterocycles. The zero-order valence-electron chi connectivity index (χ0n) is 37.1. The lowest BCUT2D eigenvalue weighted by Crippen LogP contribution is -2.53. The Morgan fingerprint density at radius 1 is 0.809 bits per heavy atom. The van der Waals surface area contributed by atoms with Gasteiger partial charge >= 0.3 is 0 Å². The molecule has 2 fully saturated rings. The maximum absolute atomic E-state index is 13.6. The number of methoxy groups -OCH3 is 2. The van der Waals surface area contributed by atoms with Crippen molar-refractivity contribution in [2.45, 2.75) is 6.04 Å². The maximum Gasteiger partial charge on any atom is 0.275 e. The zero-order valence-corrected chi connectivity index (χ0v) is 38.8. The van der Waals surface area contributed by atoms with Gasteiger partial charge in [-0.25, -0.2) is 14.6 Å². The number of thiazole rings is 2. The van der Waals surface area contributed by atoms with Crippen molar-refractivity contribution in [1.82, 2.24) is 40.3 Å². The summed E-state index contributed by atoms with van der Waals surface area (Å²) in [5.41, 5.74) is 5.70. The molecular weight excluding hydrogens is 905 g/mol. The van der Waals surface area contributed by atoms with Crippen molar-refractivity contribution in [2.75, 3.05) is 92.4 Å². The van der Waals surface area contributed by atoms with Crippen LogP contribution in [0.4, 0.5) is 28.4 Å². The number of rotatable bonds is 17. The molecule has 2 amide bonds. The highest BCUT2D eigenvalue weighted by atomic mass is 32.1. The first kappa shape index (κ1) is 45.4. The zero-order chi connectivity index (χ0) is 46.8. The second-order valence-electron chi connectivity index (χ2n) is 15.5. The summed E-state index contributed by atoms with van der Waals surface area (Å²) < 4.78 is 18.9. The first-order valence-electron chi connectivity index (χ1n) is 21.7. The molecule has 1 unspecified atom stereocenters. The number of nitrogens with zero attached hydrogens (tertiary/aromatic N) is 8. The average molecular weight is 953 g/mol. The minimum Gasteiger partial charge on any atom is -0.493 e. The van der Waals surface area contributed by atoms with Gasteiger partial charge in [-0.2, -0.15) is 5.10 Å². The molecule has 0 bridgehead atoms. The van der Waals surface area contributed by atoms with Crippen LogP contribution in [-0.2, 0) is 0 Å². The second kappa shape index (κ2) is 21.3. The van der Waals surface area contributed by atoms with Crippen molar-refractivity contribution in [2.24, 2.45) is 0 Å². The Kier molecular flexibility index (Phi) is 14.2. The third kappa shape index (κ3) is 10.6. The van der Waals surface area contributed by atoms with E-state index in [9.17, 15) is 9.59 Å². The molecule has 2 aliphatic rings. The molecule has 21 heteroatoms. The number of amides is 2. The van der Waals surface area contributed by atoms with E-state index in [-0.39, 0.29) is 35.0 Å². The number of allylic oxidation sites excluding steroid dienone is 1. The average Bonchev–Trinajstić information content (AvgIpc) is 4.20. The van der Waals surface area contributed by atoms with E-state index in [2.05, 4.69) is 61.4 Å². The number of anilines is 5. The van der Waals surface area contributed by atoms with E-state index in [4.69, 9.17) is 19.6 Å². The van der Waals surface area contributed by atoms with E-state index in [0.29, 0.717) is 70.6 Å². The Labute approximate surface area is 399 Å². The lowest BCUT2D eigenvalue weighted by molar-refractivity contribution is 0.101. The van der Waals surface area contributed by atoms with Crippen LogP contribution >= 0.6 is 22.7 Å². The van der Waals surface area contributed by atoms with Crippen molar-refractivity contribution >= 4 is 68.6 Å². The summed E-state index contributed by atoms with van der Waals surface area (Å²) in [7, 11) is 3.17. The normalized spacial score (nSPS) is 14.9. The van der Waals surface area contributed by atoms with Crippen molar-refractivity contribution in [1.29, 1.82) is 5.41 Å². The SMILES string of the molecule is COc1ccc(-n2ccc(-c3nc(C(=O)Nc4cnccc4N4CCNC(COc5ccccc5N/C=C\C(=N)c5nc(C(=O)Nc6cnccc6N6CCNCC6)cs5)C4)cs3)n2)cc1OC. The molecule has 9 rings (SSSR count). The number of nitrogens with one attached hydrogen (secondary N) is 6. The van der Waals surface area contributed by atoms with Crippen molar-refractivity contribution in [3.63, 3.8) is 0 Å². The van der Waals surface area contributed by atoms with Gasteiger partial charge in [-0.15, -0.1) is 22.7 Å². The van der Waals surface area contributed by atoms with Crippen LogP contribution in [0.1, 0.15) is 26.0 Å². The number of pyridine rings is 2. The number of hydrogen-bond donors (Lipinski definition) is 6. The molecule has 0 radical (unpaired) electrons. The molecular formula is C47H48N14O5S2. The highest BCUT2D eigenvalue weighted by molar-refractivity contribution is 7.13. The summed E-state index contributed by atoms with van der Waals surface area (Å²) in [4.78, 5) is 48.8. The van der Waals surface area contributed by atoms with Crippen molar-refractivity contribution in [3.05, 3.63) is 131 Å². The molecule has 2 aromatic carbocycles. The van der Waals surface area contributed by atoms with Crippen molar-refractivity contribution < 1.29 is 23.8 Å². The smallest absolute Gasteiger partial charge is 0.275 e. The number of hydrogen-bond acceptors (Lipinski definition) is 18. The van der Waals surface area contributed by atoms with Gasteiger partial charge in [-0.3, -0.25) is 25.0 Å². The molecule has 0 spiro atoms. The second-order valence-corrected chi connectivity index (χ2v) is 17.2. The molecule has 19 nitrogen and oxygen atoms in total. The fraction of sp³-hybridized carbons (Fsp3) is 0.234. The Morgan fingerprint density at radius 2 is 1.51 bits per heavy atom. The third-order valence-electron chi connectivity index (χ3n) is 11.1. The van der Waals surface area contributed by atoms with Gasteiger partial charge in [0.05, 0.1) is 72.5 Å². The number of aromatic nitrogens is 6.